The zero-order chi connectivity index (χ0) is 26.0. The summed E-state index contributed by atoms with van der Waals surface area (Å²) < 4.78 is 14.7. The van der Waals surface area contributed by atoms with Crippen LogP contribution in [0.4, 0.5) is 0 Å². The summed E-state index contributed by atoms with van der Waals surface area (Å²) in [6, 6.07) is 15.4. The first kappa shape index (κ1) is 26.6. The van der Waals surface area contributed by atoms with Gasteiger partial charge in [-0.1, -0.05) is 26.0 Å². The highest BCUT2D eigenvalue weighted by atomic mass is 127. The lowest BCUT2D eigenvalue weighted by Crippen LogP contribution is -2.21. The summed E-state index contributed by atoms with van der Waals surface area (Å²) in [4.78, 5) is 18.5. The van der Waals surface area contributed by atoms with Crippen molar-refractivity contribution in [3.05, 3.63) is 82.7 Å². The van der Waals surface area contributed by atoms with E-state index in [1.165, 1.54) is 4.68 Å². The van der Waals surface area contributed by atoms with Gasteiger partial charge in [0.15, 0.2) is 5.82 Å². The summed E-state index contributed by atoms with van der Waals surface area (Å²) in [5.74, 6) is 2.41. The van der Waals surface area contributed by atoms with E-state index >= 15 is 0 Å². The minimum absolute atomic E-state index is 0.218. The number of halogens is 2. The van der Waals surface area contributed by atoms with Crippen LogP contribution in [0.5, 0.6) is 11.5 Å². The SMILES string of the molecule is CCOc1cc(C)c(-c2nc3ccccc3c(=O)n2N=Cc2cc(I)c(OC)c(I)c2)cc1C(C)C. The van der Waals surface area contributed by atoms with E-state index in [-0.39, 0.29) is 11.5 Å². The van der Waals surface area contributed by atoms with Gasteiger partial charge in [-0.05, 0) is 118 Å². The van der Waals surface area contributed by atoms with E-state index in [1.54, 1.807) is 19.4 Å². The van der Waals surface area contributed by atoms with Crippen LogP contribution < -0.4 is 15.0 Å². The van der Waals surface area contributed by atoms with Crippen LogP contribution in [0.3, 0.4) is 0 Å². The molecule has 0 bridgehead atoms. The van der Waals surface area contributed by atoms with Crippen molar-refractivity contribution in [1.29, 1.82) is 0 Å². The van der Waals surface area contributed by atoms with Gasteiger partial charge in [0, 0.05) is 5.56 Å². The lowest BCUT2D eigenvalue weighted by Gasteiger charge is -2.18. The summed E-state index contributed by atoms with van der Waals surface area (Å²) in [5.41, 5.74) is 4.15. The van der Waals surface area contributed by atoms with Gasteiger partial charge in [0.25, 0.3) is 5.56 Å². The Morgan fingerprint density at radius 1 is 1.11 bits per heavy atom. The Morgan fingerprint density at radius 2 is 1.81 bits per heavy atom. The molecule has 0 amide bonds. The van der Waals surface area contributed by atoms with E-state index in [4.69, 9.17) is 14.5 Å². The van der Waals surface area contributed by atoms with Crippen molar-refractivity contribution >= 4 is 62.3 Å². The number of rotatable bonds is 7. The first-order valence-corrected chi connectivity index (χ1v) is 13.8. The second kappa shape index (κ2) is 11.3. The Hall–Kier alpha value is -2.47. The smallest absolute Gasteiger partial charge is 0.282 e. The van der Waals surface area contributed by atoms with E-state index < -0.39 is 0 Å². The molecule has 186 valence electrons. The van der Waals surface area contributed by atoms with Crippen molar-refractivity contribution in [3.8, 4) is 22.9 Å². The van der Waals surface area contributed by atoms with Gasteiger partial charge in [-0.25, -0.2) is 4.98 Å². The molecule has 36 heavy (non-hydrogen) atoms. The molecule has 0 fully saturated rings. The van der Waals surface area contributed by atoms with Crippen LogP contribution in [-0.2, 0) is 0 Å². The number of aromatic nitrogens is 2. The summed E-state index contributed by atoms with van der Waals surface area (Å²) in [6.45, 7) is 8.82. The average Bonchev–Trinajstić information content (AvgIpc) is 2.83. The van der Waals surface area contributed by atoms with E-state index in [0.29, 0.717) is 23.3 Å². The molecule has 8 heteroatoms. The van der Waals surface area contributed by atoms with Gasteiger partial charge in [0.2, 0.25) is 0 Å². The third-order valence-corrected chi connectivity index (χ3v) is 7.42. The van der Waals surface area contributed by atoms with Crippen molar-refractivity contribution < 1.29 is 9.47 Å². The van der Waals surface area contributed by atoms with Crippen LogP contribution in [0.15, 0.2) is 58.4 Å². The Morgan fingerprint density at radius 3 is 2.44 bits per heavy atom. The fraction of sp³-hybridized carbons (Fsp3) is 0.250. The Bertz CT molecular complexity index is 1500. The number of hydrogen-bond acceptors (Lipinski definition) is 5. The molecular weight excluding hydrogens is 680 g/mol. The van der Waals surface area contributed by atoms with Gasteiger partial charge in [-0.3, -0.25) is 4.79 Å². The zero-order valence-electron chi connectivity index (χ0n) is 20.8. The maximum atomic E-state index is 13.6. The second-order valence-electron chi connectivity index (χ2n) is 8.62. The molecule has 0 aliphatic rings. The van der Waals surface area contributed by atoms with Gasteiger partial charge in [-0.2, -0.15) is 9.78 Å². The van der Waals surface area contributed by atoms with Gasteiger partial charge in [-0.15, -0.1) is 0 Å². The molecule has 0 unspecified atom stereocenters. The second-order valence-corrected chi connectivity index (χ2v) is 10.9. The van der Waals surface area contributed by atoms with Crippen LogP contribution in [-0.4, -0.2) is 29.6 Å². The maximum Gasteiger partial charge on any atom is 0.282 e. The van der Waals surface area contributed by atoms with E-state index in [1.807, 2.05) is 50.2 Å². The number of para-hydroxylation sites is 1. The molecule has 0 radical (unpaired) electrons. The molecule has 4 rings (SSSR count). The van der Waals surface area contributed by atoms with Crippen molar-refractivity contribution in [1.82, 2.24) is 9.66 Å². The van der Waals surface area contributed by atoms with Gasteiger partial charge >= 0.3 is 0 Å². The highest BCUT2D eigenvalue weighted by molar-refractivity contribution is 14.1. The monoisotopic (exact) mass is 707 g/mol. The molecule has 0 saturated carbocycles. The molecule has 4 aromatic rings. The third kappa shape index (κ3) is 5.29. The molecule has 0 aliphatic carbocycles. The van der Waals surface area contributed by atoms with Crippen molar-refractivity contribution in [3.63, 3.8) is 0 Å². The molecule has 0 aliphatic heterocycles. The van der Waals surface area contributed by atoms with E-state index in [2.05, 4.69) is 70.2 Å². The van der Waals surface area contributed by atoms with Crippen molar-refractivity contribution in [2.75, 3.05) is 13.7 Å². The quantitative estimate of drug-likeness (QED) is 0.154. The van der Waals surface area contributed by atoms with Crippen LogP contribution in [0.1, 0.15) is 43.4 Å². The lowest BCUT2D eigenvalue weighted by molar-refractivity contribution is 0.335. The number of nitrogens with zero attached hydrogens (tertiary/aromatic N) is 3. The van der Waals surface area contributed by atoms with Gasteiger partial charge in [0.1, 0.15) is 11.5 Å². The molecule has 0 saturated heterocycles. The lowest BCUT2D eigenvalue weighted by atomic mass is 9.96. The Balaban J connectivity index is 1.96. The standard InChI is InChI=1S/C28H27I2N3O3/c1-6-36-25-11-17(4)21(14-20(25)16(2)3)27-32-24-10-8-7-9-19(24)28(34)33(27)31-15-18-12-22(29)26(35-5)23(30)13-18/h7-16H,6H2,1-5H3. The summed E-state index contributed by atoms with van der Waals surface area (Å²) in [5, 5.41) is 5.17. The third-order valence-electron chi connectivity index (χ3n) is 5.82. The minimum atomic E-state index is -0.218. The Labute approximate surface area is 238 Å². The summed E-state index contributed by atoms with van der Waals surface area (Å²) in [7, 11) is 1.66. The molecular formula is C28H27I2N3O3. The van der Waals surface area contributed by atoms with Gasteiger partial charge in [0.05, 0.1) is 38.0 Å². The van der Waals surface area contributed by atoms with Crippen LogP contribution in [0.25, 0.3) is 22.3 Å². The van der Waals surface area contributed by atoms with Crippen LogP contribution in [0, 0.1) is 14.1 Å². The number of aryl methyl sites for hydroxylation is 1. The average molecular weight is 707 g/mol. The zero-order valence-corrected chi connectivity index (χ0v) is 25.1. The van der Waals surface area contributed by atoms with Crippen molar-refractivity contribution in [2.24, 2.45) is 5.10 Å². The topological polar surface area (TPSA) is 65.7 Å². The summed E-state index contributed by atoms with van der Waals surface area (Å²) in [6.07, 6.45) is 1.69. The first-order chi connectivity index (χ1) is 17.2. The van der Waals surface area contributed by atoms with E-state index in [9.17, 15) is 4.79 Å². The van der Waals surface area contributed by atoms with Crippen LogP contribution >= 0.6 is 45.2 Å². The normalized spacial score (nSPS) is 11.6. The predicted molar refractivity (Wildman–Crippen MR) is 163 cm³/mol. The number of hydrogen-bond donors (Lipinski definition) is 0. The number of ether oxygens (including phenoxy) is 2. The molecule has 3 aromatic carbocycles. The van der Waals surface area contributed by atoms with E-state index in [0.717, 1.165) is 40.9 Å². The maximum absolute atomic E-state index is 13.6. The molecule has 6 nitrogen and oxygen atoms in total. The van der Waals surface area contributed by atoms with Crippen LogP contribution in [0.2, 0.25) is 0 Å². The first-order valence-electron chi connectivity index (χ1n) is 11.6. The fourth-order valence-electron chi connectivity index (χ4n) is 4.05. The summed E-state index contributed by atoms with van der Waals surface area (Å²) >= 11 is 4.48. The highest BCUT2D eigenvalue weighted by Gasteiger charge is 2.18. The largest absolute Gasteiger partial charge is 0.495 e. The van der Waals surface area contributed by atoms with Crippen molar-refractivity contribution in [2.45, 2.75) is 33.6 Å². The molecule has 1 heterocycles. The molecule has 1 aromatic heterocycles. The predicted octanol–water partition coefficient (Wildman–Crippen LogP) is 6.99. The fourth-order valence-corrected chi connectivity index (χ4v) is 6.31. The molecule has 0 atom stereocenters. The molecule has 0 N–H and O–H groups in total. The Kier molecular flexibility index (Phi) is 8.34. The van der Waals surface area contributed by atoms with Gasteiger partial charge < -0.3 is 9.47 Å². The number of benzene rings is 3. The number of methoxy groups -OCH3 is 1. The molecule has 0 spiro atoms. The minimum Gasteiger partial charge on any atom is -0.495 e. The highest BCUT2D eigenvalue weighted by Crippen LogP contribution is 2.34. The number of fused-ring (bicyclic) bond motifs is 1.